The van der Waals surface area contributed by atoms with Crippen LogP contribution in [0.2, 0.25) is 0 Å². The second kappa shape index (κ2) is 4.30. The highest BCUT2D eigenvalue weighted by Crippen LogP contribution is 2.57. The molecule has 0 unspecified atom stereocenters. The lowest BCUT2D eigenvalue weighted by atomic mass is 9.73. The third kappa shape index (κ3) is 1.64. The minimum atomic E-state index is -1.07. The average Bonchev–Trinajstić information content (AvgIpc) is 3.07. The van der Waals surface area contributed by atoms with Gasteiger partial charge >= 0.3 is 0 Å². The number of imide groups is 1. The van der Waals surface area contributed by atoms with Crippen LogP contribution in [0.15, 0.2) is 30.4 Å². The molecule has 2 bridgehead atoms. The number of hydrogen-bond donors (Lipinski definition) is 1. The molecule has 3 aliphatic rings. The molecule has 2 fully saturated rings. The predicted molar refractivity (Wildman–Crippen MR) is 83.8 cm³/mol. The van der Waals surface area contributed by atoms with Gasteiger partial charge in [0.25, 0.3) is 0 Å². The molecular formula is C18H19NO4. The molecule has 3 aliphatic heterocycles. The molecule has 0 saturated carbocycles. The molecule has 2 saturated heterocycles. The fourth-order valence-electron chi connectivity index (χ4n) is 4.33. The maximum atomic E-state index is 13.0. The Hall–Kier alpha value is -1.98. The Labute approximate surface area is 134 Å². The first kappa shape index (κ1) is 14.6. The van der Waals surface area contributed by atoms with E-state index in [9.17, 15) is 14.7 Å². The molecular weight excluding hydrogens is 294 g/mol. The summed E-state index contributed by atoms with van der Waals surface area (Å²) in [4.78, 5) is 27.3. The van der Waals surface area contributed by atoms with Crippen LogP contribution in [-0.2, 0) is 14.3 Å². The molecule has 0 aliphatic carbocycles. The molecule has 0 aromatic heterocycles. The molecule has 1 N–H and O–H groups in total. The Kier molecular flexibility index (Phi) is 2.73. The second-order valence-electron chi connectivity index (χ2n) is 6.99. The van der Waals surface area contributed by atoms with E-state index >= 15 is 0 Å². The number of aliphatic hydroxyl groups is 1. The van der Waals surface area contributed by atoms with Crippen molar-refractivity contribution in [1.82, 2.24) is 0 Å². The van der Waals surface area contributed by atoms with Gasteiger partial charge in [-0.15, -0.1) is 0 Å². The maximum absolute atomic E-state index is 13.0. The molecule has 23 heavy (non-hydrogen) atoms. The highest BCUT2D eigenvalue weighted by atomic mass is 16.5. The topological polar surface area (TPSA) is 66.8 Å². The van der Waals surface area contributed by atoms with Crippen molar-refractivity contribution in [2.24, 2.45) is 11.8 Å². The molecule has 1 aromatic rings. The van der Waals surface area contributed by atoms with Crippen LogP contribution >= 0.6 is 0 Å². The number of anilines is 1. The lowest BCUT2D eigenvalue weighted by molar-refractivity contribution is -0.131. The number of rotatable bonds is 2. The van der Waals surface area contributed by atoms with Crippen molar-refractivity contribution in [3.8, 4) is 0 Å². The maximum Gasteiger partial charge on any atom is 0.241 e. The van der Waals surface area contributed by atoms with Gasteiger partial charge in [-0.3, -0.25) is 9.59 Å². The van der Waals surface area contributed by atoms with Crippen LogP contribution in [-0.4, -0.2) is 34.7 Å². The van der Waals surface area contributed by atoms with E-state index in [1.165, 1.54) is 4.90 Å². The molecule has 5 nitrogen and oxygen atoms in total. The quantitative estimate of drug-likeness (QED) is 0.664. The van der Waals surface area contributed by atoms with E-state index in [1.807, 2.05) is 39.0 Å². The molecule has 120 valence electrons. The fourth-order valence-corrected chi connectivity index (χ4v) is 4.33. The Morgan fingerprint density at radius 3 is 2.52 bits per heavy atom. The molecule has 0 radical (unpaired) electrons. The monoisotopic (exact) mass is 313 g/mol. The van der Waals surface area contributed by atoms with Crippen LogP contribution in [0, 0.1) is 25.7 Å². The predicted octanol–water partition coefficient (Wildman–Crippen LogP) is 1.50. The number of amides is 2. The summed E-state index contributed by atoms with van der Waals surface area (Å²) in [7, 11) is 0. The van der Waals surface area contributed by atoms with Gasteiger partial charge in [0.15, 0.2) is 0 Å². The lowest BCUT2D eigenvalue weighted by Gasteiger charge is -2.27. The fraction of sp³-hybridized carbons (Fsp3) is 0.444. The first-order valence-corrected chi connectivity index (χ1v) is 7.79. The summed E-state index contributed by atoms with van der Waals surface area (Å²) >= 11 is 0. The third-order valence-corrected chi connectivity index (χ3v) is 5.40. The van der Waals surface area contributed by atoms with Crippen LogP contribution < -0.4 is 4.90 Å². The highest BCUT2D eigenvalue weighted by Gasteiger charge is 2.72. The Morgan fingerprint density at radius 1 is 1.17 bits per heavy atom. The highest BCUT2D eigenvalue weighted by molar-refractivity contribution is 6.23. The van der Waals surface area contributed by atoms with Gasteiger partial charge in [-0.2, -0.15) is 0 Å². The standard InChI is InChI=1S/C18H19NO4/c1-10-4-5-12(11(2)8-10)19-15(21)13-14(16(19)22)18(9-20)7-6-17(13,3)23-18/h4-8,13-14,20H,9H2,1-3H3/t13-,14-,17+,18-/m0/s1. The summed E-state index contributed by atoms with van der Waals surface area (Å²) < 4.78 is 5.91. The number of benzene rings is 1. The largest absolute Gasteiger partial charge is 0.393 e. The van der Waals surface area contributed by atoms with Crippen LogP contribution in [0.25, 0.3) is 0 Å². The van der Waals surface area contributed by atoms with Crippen LogP contribution in [0.1, 0.15) is 18.1 Å². The number of carbonyl (C=O) groups is 2. The van der Waals surface area contributed by atoms with Crippen molar-refractivity contribution in [3.63, 3.8) is 0 Å². The number of nitrogens with zero attached hydrogens (tertiary/aromatic N) is 1. The lowest BCUT2D eigenvalue weighted by Crippen LogP contribution is -2.43. The summed E-state index contributed by atoms with van der Waals surface area (Å²) in [5.41, 5.74) is 0.689. The molecule has 2 amide bonds. The van der Waals surface area contributed by atoms with E-state index in [1.54, 1.807) is 12.2 Å². The van der Waals surface area contributed by atoms with E-state index in [0.29, 0.717) is 5.69 Å². The molecule has 3 heterocycles. The van der Waals surface area contributed by atoms with Gasteiger partial charge in [-0.1, -0.05) is 29.8 Å². The first-order valence-electron chi connectivity index (χ1n) is 7.79. The summed E-state index contributed by atoms with van der Waals surface area (Å²) in [5.74, 6) is -1.76. The number of fused-ring (bicyclic) bond motifs is 5. The second-order valence-corrected chi connectivity index (χ2v) is 6.99. The van der Waals surface area contributed by atoms with Gasteiger partial charge in [0.05, 0.1) is 29.7 Å². The zero-order chi connectivity index (χ0) is 16.6. The summed E-state index contributed by atoms with van der Waals surface area (Å²) in [6.07, 6.45) is 3.55. The van der Waals surface area contributed by atoms with Gasteiger partial charge in [0, 0.05) is 0 Å². The number of ether oxygens (including phenoxy) is 1. The average molecular weight is 313 g/mol. The van der Waals surface area contributed by atoms with E-state index in [-0.39, 0.29) is 18.4 Å². The number of carbonyl (C=O) groups excluding carboxylic acids is 2. The summed E-state index contributed by atoms with van der Waals surface area (Å²) in [5, 5.41) is 9.80. The minimum Gasteiger partial charge on any atom is -0.393 e. The van der Waals surface area contributed by atoms with E-state index in [2.05, 4.69) is 0 Å². The Morgan fingerprint density at radius 2 is 1.87 bits per heavy atom. The van der Waals surface area contributed by atoms with Crippen LogP contribution in [0.3, 0.4) is 0 Å². The SMILES string of the molecule is Cc1ccc(N2C(=O)[C@@H]3[C@@H](C2=O)[C@@]2(CO)C=C[C@@]3(C)O2)c(C)c1. The van der Waals surface area contributed by atoms with Crippen LogP contribution in [0.5, 0.6) is 0 Å². The molecule has 0 spiro atoms. The molecule has 1 aromatic carbocycles. The smallest absolute Gasteiger partial charge is 0.241 e. The van der Waals surface area contributed by atoms with E-state index in [4.69, 9.17) is 4.74 Å². The van der Waals surface area contributed by atoms with Crippen LogP contribution in [0.4, 0.5) is 5.69 Å². The third-order valence-electron chi connectivity index (χ3n) is 5.40. The normalized spacial score (nSPS) is 37.8. The number of aliphatic hydroxyl groups excluding tert-OH is 1. The summed E-state index contributed by atoms with van der Waals surface area (Å²) in [6.45, 7) is 5.37. The molecule has 4 atom stereocenters. The van der Waals surface area contributed by atoms with Gasteiger partial charge in [0.1, 0.15) is 5.60 Å². The first-order chi connectivity index (χ1) is 10.8. The van der Waals surface area contributed by atoms with Crippen molar-refractivity contribution in [3.05, 3.63) is 41.5 Å². The Bertz CT molecular complexity index is 770. The van der Waals surface area contributed by atoms with Gasteiger partial charge in [0.2, 0.25) is 11.8 Å². The van der Waals surface area contributed by atoms with Crippen molar-refractivity contribution < 1.29 is 19.4 Å². The van der Waals surface area contributed by atoms with Crippen molar-refractivity contribution in [2.45, 2.75) is 32.0 Å². The van der Waals surface area contributed by atoms with E-state index < -0.39 is 23.0 Å². The Balaban J connectivity index is 1.83. The van der Waals surface area contributed by atoms with Gasteiger partial charge in [-0.25, -0.2) is 4.90 Å². The summed E-state index contributed by atoms with van der Waals surface area (Å²) in [6, 6.07) is 5.66. The molecule has 5 heteroatoms. The minimum absolute atomic E-state index is 0.242. The van der Waals surface area contributed by atoms with E-state index in [0.717, 1.165) is 11.1 Å². The molecule has 4 rings (SSSR count). The van der Waals surface area contributed by atoms with Gasteiger partial charge in [-0.05, 0) is 32.4 Å². The zero-order valence-electron chi connectivity index (χ0n) is 13.4. The van der Waals surface area contributed by atoms with Crippen molar-refractivity contribution >= 4 is 17.5 Å². The number of hydrogen-bond acceptors (Lipinski definition) is 4. The number of aryl methyl sites for hydroxylation is 2. The zero-order valence-corrected chi connectivity index (χ0v) is 13.4. The van der Waals surface area contributed by atoms with Crippen molar-refractivity contribution in [2.75, 3.05) is 11.5 Å². The van der Waals surface area contributed by atoms with Crippen molar-refractivity contribution in [1.29, 1.82) is 0 Å². The van der Waals surface area contributed by atoms with Gasteiger partial charge < -0.3 is 9.84 Å².